The average Bonchev–Trinajstić information content (AvgIpc) is 2.76. The van der Waals surface area contributed by atoms with Crippen LogP contribution in [0.25, 0.3) is 0 Å². The van der Waals surface area contributed by atoms with Crippen LogP contribution in [0.2, 0.25) is 0 Å². The molecule has 2 aliphatic heterocycles. The van der Waals surface area contributed by atoms with Crippen LogP contribution in [0.1, 0.15) is 42.1 Å². The SMILES string of the molecule is CC(C)Nc1ccc2c(c1)CCN(C1CN(C(c3ccccc3)c3ccccc3)C1)C2. The van der Waals surface area contributed by atoms with Crippen molar-refractivity contribution in [2.24, 2.45) is 0 Å². The third kappa shape index (κ3) is 4.39. The Kier molecular flexibility index (Phi) is 5.80. The van der Waals surface area contributed by atoms with E-state index >= 15 is 0 Å². The van der Waals surface area contributed by atoms with Crippen LogP contribution < -0.4 is 5.32 Å². The molecule has 0 aromatic heterocycles. The fraction of sp³-hybridized carbons (Fsp3) is 0.357. The Morgan fingerprint density at radius 2 is 1.45 bits per heavy atom. The molecule has 0 bridgehead atoms. The van der Waals surface area contributed by atoms with Gasteiger partial charge in [-0.3, -0.25) is 9.80 Å². The number of nitrogens with zero attached hydrogens (tertiary/aromatic N) is 2. The van der Waals surface area contributed by atoms with Crippen LogP contribution >= 0.6 is 0 Å². The molecule has 31 heavy (non-hydrogen) atoms. The van der Waals surface area contributed by atoms with Crippen LogP contribution in [0.4, 0.5) is 5.69 Å². The van der Waals surface area contributed by atoms with Crippen molar-refractivity contribution in [2.75, 3.05) is 25.0 Å². The molecule has 3 aromatic carbocycles. The van der Waals surface area contributed by atoms with Gasteiger partial charge in [-0.05, 0) is 54.7 Å². The molecule has 1 N–H and O–H groups in total. The second-order valence-electron chi connectivity index (χ2n) is 9.33. The summed E-state index contributed by atoms with van der Waals surface area (Å²) in [6.07, 6.45) is 1.15. The lowest BCUT2D eigenvalue weighted by Crippen LogP contribution is -2.60. The molecule has 3 aromatic rings. The molecule has 0 unspecified atom stereocenters. The van der Waals surface area contributed by atoms with Crippen molar-refractivity contribution in [1.82, 2.24) is 9.80 Å². The quantitative estimate of drug-likeness (QED) is 0.591. The van der Waals surface area contributed by atoms with Crippen molar-refractivity contribution >= 4 is 5.69 Å². The van der Waals surface area contributed by atoms with Crippen molar-refractivity contribution in [3.63, 3.8) is 0 Å². The summed E-state index contributed by atoms with van der Waals surface area (Å²) < 4.78 is 0. The van der Waals surface area contributed by atoms with Crippen LogP contribution in [0.5, 0.6) is 0 Å². The van der Waals surface area contributed by atoms with Gasteiger partial charge in [-0.2, -0.15) is 0 Å². The van der Waals surface area contributed by atoms with E-state index < -0.39 is 0 Å². The minimum absolute atomic E-state index is 0.348. The maximum absolute atomic E-state index is 3.54. The van der Waals surface area contributed by atoms with Gasteiger partial charge in [-0.15, -0.1) is 0 Å². The number of benzene rings is 3. The Morgan fingerprint density at radius 1 is 0.806 bits per heavy atom. The summed E-state index contributed by atoms with van der Waals surface area (Å²) in [5.41, 5.74) is 7.06. The zero-order valence-electron chi connectivity index (χ0n) is 18.7. The van der Waals surface area contributed by atoms with Gasteiger partial charge < -0.3 is 5.32 Å². The van der Waals surface area contributed by atoms with Gasteiger partial charge in [-0.25, -0.2) is 0 Å². The maximum atomic E-state index is 3.54. The van der Waals surface area contributed by atoms with Gasteiger partial charge in [0.05, 0.1) is 6.04 Å². The van der Waals surface area contributed by atoms with Crippen molar-refractivity contribution in [3.8, 4) is 0 Å². The third-order valence-corrected chi connectivity index (χ3v) is 6.71. The lowest BCUT2D eigenvalue weighted by molar-refractivity contribution is 0.00728. The highest BCUT2D eigenvalue weighted by molar-refractivity contribution is 5.50. The summed E-state index contributed by atoms with van der Waals surface area (Å²) in [6.45, 7) is 8.91. The first-order valence-corrected chi connectivity index (χ1v) is 11.6. The number of hydrogen-bond donors (Lipinski definition) is 1. The number of likely N-dealkylation sites (tertiary alicyclic amines) is 1. The molecule has 0 aliphatic carbocycles. The van der Waals surface area contributed by atoms with Crippen molar-refractivity contribution in [2.45, 2.75) is 44.9 Å². The highest BCUT2D eigenvalue weighted by Crippen LogP contribution is 2.35. The fourth-order valence-electron chi connectivity index (χ4n) is 5.12. The van der Waals surface area contributed by atoms with E-state index in [2.05, 4.69) is 108 Å². The van der Waals surface area contributed by atoms with Gasteiger partial charge in [0, 0.05) is 44.0 Å². The van der Waals surface area contributed by atoms with E-state index in [-0.39, 0.29) is 0 Å². The van der Waals surface area contributed by atoms with Gasteiger partial charge in [-0.1, -0.05) is 66.7 Å². The molecule has 0 spiro atoms. The molecule has 1 saturated heterocycles. The highest BCUT2D eigenvalue weighted by Gasteiger charge is 2.38. The second kappa shape index (κ2) is 8.86. The molecule has 0 radical (unpaired) electrons. The predicted molar refractivity (Wildman–Crippen MR) is 129 cm³/mol. The second-order valence-corrected chi connectivity index (χ2v) is 9.33. The van der Waals surface area contributed by atoms with Gasteiger partial charge in [0.15, 0.2) is 0 Å². The number of hydrogen-bond acceptors (Lipinski definition) is 3. The first-order chi connectivity index (χ1) is 15.2. The molecule has 160 valence electrons. The molecular formula is C28H33N3. The Balaban J connectivity index is 1.27. The standard InChI is InChI=1S/C28H33N3/c1-21(2)29-26-14-13-25-18-30(16-15-24(25)17-26)27-19-31(20-27)28(22-9-5-3-6-10-22)23-11-7-4-8-12-23/h3-14,17,21,27-29H,15-16,18-20H2,1-2H3. The molecule has 0 saturated carbocycles. The van der Waals surface area contributed by atoms with E-state index in [4.69, 9.17) is 0 Å². The zero-order valence-corrected chi connectivity index (χ0v) is 18.7. The van der Waals surface area contributed by atoms with Crippen molar-refractivity contribution < 1.29 is 0 Å². The summed E-state index contributed by atoms with van der Waals surface area (Å²) in [7, 11) is 0. The molecule has 1 fully saturated rings. The topological polar surface area (TPSA) is 18.5 Å². The Morgan fingerprint density at radius 3 is 2.06 bits per heavy atom. The number of fused-ring (bicyclic) bond motifs is 1. The summed E-state index contributed by atoms with van der Waals surface area (Å²) in [5, 5.41) is 3.54. The van der Waals surface area contributed by atoms with Crippen LogP contribution in [0, 0.1) is 0 Å². The number of nitrogens with one attached hydrogen (secondary N) is 1. The number of anilines is 1. The lowest BCUT2D eigenvalue weighted by Gasteiger charge is -2.50. The lowest BCUT2D eigenvalue weighted by atomic mass is 9.91. The predicted octanol–water partition coefficient (Wildman–Crippen LogP) is 5.34. The normalized spacial score (nSPS) is 17.5. The maximum Gasteiger partial charge on any atom is 0.0602 e. The fourth-order valence-corrected chi connectivity index (χ4v) is 5.12. The van der Waals surface area contributed by atoms with E-state index in [9.17, 15) is 0 Å². The molecule has 5 rings (SSSR count). The smallest absolute Gasteiger partial charge is 0.0602 e. The molecular weight excluding hydrogens is 378 g/mol. The summed E-state index contributed by atoms with van der Waals surface area (Å²) >= 11 is 0. The van der Waals surface area contributed by atoms with Crippen LogP contribution in [-0.4, -0.2) is 41.5 Å². The minimum Gasteiger partial charge on any atom is -0.383 e. The van der Waals surface area contributed by atoms with Crippen LogP contribution in [0.15, 0.2) is 78.9 Å². The Hall–Kier alpha value is -2.62. The van der Waals surface area contributed by atoms with Crippen LogP contribution in [0.3, 0.4) is 0 Å². The first-order valence-electron chi connectivity index (χ1n) is 11.6. The highest BCUT2D eigenvalue weighted by atomic mass is 15.3. The van der Waals surface area contributed by atoms with E-state index in [0.717, 1.165) is 32.6 Å². The minimum atomic E-state index is 0.348. The van der Waals surface area contributed by atoms with Gasteiger partial charge in [0.1, 0.15) is 0 Å². The van der Waals surface area contributed by atoms with Gasteiger partial charge >= 0.3 is 0 Å². The molecule has 0 atom stereocenters. The Labute approximate surface area is 186 Å². The van der Waals surface area contributed by atoms with Gasteiger partial charge in [0.25, 0.3) is 0 Å². The molecule has 2 heterocycles. The summed E-state index contributed by atoms with van der Waals surface area (Å²) in [4.78, 5) is 5.34. The van der Waals surface area contributed by atoms with E-state index in [1.54, 1.807) is 0 Å². The third-order valence-electron chi connectivity index (χ3n) is 6.71. The average molecular weight is 412 g/mol. The first kappa shape index (κ1) is 20.3. The van der Waals surface area contributed by atoms with Gasteiger partial charge in [0.2, 0.25) is 0 Å². The van der Waals surface area contributed by atoms with Crippen molar-refractivity contribution in [3.05, 3.63) is 101 Å². The molecule has 3 nitrogen and oxygen atoms in total. The molecule has 3 heteroatoms. The van der Waals surface area contributed by atoms with E-state index in [1.807, 2.05) is 0 Å². The largest absolute Gasteiger partial charge is 0.383 e. The molecule has 2 aliphatic rings. The zero-order chi connectivity index (χ0) is 21.2. The van der Waals surface area contributed by atoms with Crippen LogP contribution in [-0.2, 0) is 13.0 Å². The summed E-state index contributed by atoms with van der Waals surface area (Å²) in [6, 6.07) is 30.3. The monoisotopic (exact) mass is 411 g/mol. The van der Waals surface area contributed by atoms with E-state index in [1.165, 1.54) is 27.9 Å². The summed E-state index contributed by atoms with van der Waals surface area (Å²) in [5.74, 6) is 0. The van der Waals surface area contributed by atoms with Crippen molar-refractivity contribution in [1.29, 1.82) is 0 Å². The Bertz CT molecular complexity index is 954. The molecule has 0 amide bonds. The number of rotatable bonds is 6. The van der Waals surface area contributed by atoms with E-state index in [0.29, 0.717) is 18.1 Å².